The summed E-state index contributed by atoms with van der Waals surface area (Å²) in [6, 6.07) is 10.7. The molecule has 0 spiro atoms. The Bertz CT molecular complexity index is 1030. The molecule has 0 radical (unpaired) electrons. The van der Waals surface area contributed by atoms with Gasteiger partial charge in [-0.25, -0.2) is 0 Å². The maximum absolute atomic E-state index is 13.3. The third kappa shape index (κ3) is 8.49. The zero-order valence-electron chi connectivity index (χ0n) is 19.6. The zero-order chi connectivity index (χ0) is 25.5. The van der Waals surface area contributed by atoms with E-state index in [0.29, 0.717) is 22.2 Å². The molecule has 10 heteroatoms. The second kappa shape index (κ2) is 12.4. The summed E-state index contributed by atoms with van der Waals surface area (Å²) in [5.41, 5.74) is 1.23. The molecule has 2 amide bonds. The van der Waals surface area contributed by atoms with Gasteiger partial charge in [0.1, 0.15) is 6.04 Å². The van der Waals surface area contributed by atoms with Crippen LogP contribution in [-0.2, 0) is 21.9 Å². The molecule has 1 N–H and O–H groups in total. The molecule has 2 aromatic rings. The van der Waals surface area contributed by atoms with E-state index in [1.165, 1.54) is 23.9 Å². The van der Waals surface area contributed by atoms with E-state index in [0.717, 1.165) is 11.1 Å². The normalized spacial score (nSPS) is 12.2. The third-order valence-electron chi connectivity index (χ3n) is 4.86. The van der Waals surface area contributed by atoms with Crippen LogP contribution in [0.5, 0.6) is 0 Å². The van der Waals surface area contributed by atoms with Crippen molar-refractivity contribution in [3.8, 4) is 0 Å². The summed E-state index contributed by atoms with van der Waals surface area (Å²) in [6.45, 7) is 7.75. The first-order chi connectivity index (χ1) is 15.9. The van der Waals surface area contributed by atoms with Gasteiger partial charge in [-0.3, -0.25) is 19.7 Å². The van der Waals surface area contributed by atoms with Gasteiger partial charge in [0.05, 0.1) is 20.7 Å². The molecule has 0 aliphatic carbocycles. The van der Waals surface area contributed by atoms with Crippen LogP contribution in [0.4, 0.5) is 5.69 Å². The molecule has 7 nitrogen and oxygen atoms in total. The summed E-state index contributed by atoms with van der Waals surface area (Å²) >= 11 is 13.6. The fraction of sp³-hybridized carbons (Fsp3) is 0.417. The quantitative estimate of drug-likeness (QED) is 0.309. The summed E-state index contributed by atoms with van der Waals surface area (Å²) in [4.78, 5) is 38.2. The minimum atomic E-state index is -0.652. The molecule has 1 unspecified atom stereocenters. The number of benzene rings is 2. The fourth-order valence-electron chi connectivity index (χ4n) is 3.26. The monoisotopic (exact) mass is 525 g/mol. The standard InChI is InChI=1S/C24H29Cl2N3O4S/c1-5-21(23(31)27-24(2,3)4)28(13-17-8-11-19(25)20(26)12-17)22(30)15-34-14-16-6-9-18(10-7-16)29(32)33/h6-12,21H,5,13-15H2,1-4H3,(H,27,31). The fourth-order valence-corrected chi connectivity index (χ4v) is 4.45. The number of amides is 2. The molecule has 0 saturated carbocycles. The highest BCUT2D eigenvalue weighted by Gasteiger charge is 2.30. The molecule has 34 heavy (non-hydrogen) atoms. The lowest BCUT2D eigenvalue weighted by Gasteiger charge is -2.33. The van der Waals surface area contributed by atoms with Crippen molar-refractivity contribution in [2.45, 2.75) is 58.0 Å². The second-order valence-electron chi connectivity index (χ2n) is 8.85. The van der Waals surface area contributed by atoms with Crippen LogP contribution in [0.1, 0.15) is 45.2 Å². The molecular formula is C24H29Cl2N3O4S. The number of nitrogens with zero attached hydrogens (tertiary/aromatic N) is 2. The van der Waals surface area contributed by atoms with Gasteiger partial charge in [0.25, 0.3) is 5.69 Å². The van der Waals surface area contributed by atoms with Crippen molar-refractivity contribution >= 4 is 52.5 Å². The van der Waals surface area contributed by atoms with E-state index in [-0.39, 0.29) is 29.8 Å². The van der Waals surface area contributed by atoms with Gasteiger partial charge in [-0.05, 0) is 50.5 Å². The molecule has 184 valence electrons. The van der Waals surface area contributed by atoms with Gasteiger partial charge < -0.3 is 10.2 Å². The van der Waals surface area contributed by atoms with E-state index in [1.807, 2.05) is 27.7 Å². The number of halogens is 2. The molecule has 0 aliphatic rings. The van der Waals surface area contributed by atoms with Crippen LogP contribution >= 0.6 is 35.0 Å². The largest absolute Gasteiger partial charge is 0.350 e. The number of rotatable bonds is 10. The highest BCUT2D eigenvalue weighted by molar-refractivity contribution is 7.99. The Morgan fingerprint density at radius 2 is 1.71 bits per heavy atom. The van der Waals surface area contributed by atoms with Crippen molar-refractivity contribution in [1.29, 1.82) is 0 Å². The van der Waals surface area contributed by atoms with Crippen molar-refractivity contribution in [2.24, 2.45) is 0 Å². The molecule has 1 atom stereocenters. The predicted octanol–water partition coefficient (Wildman–Crippen LogP) is 5.86. The Labute approximate surface area is 214 Å². The maximum Gasteiger partial charge on any atom is 0.269 e. The molecule has 0 saturated heterocycles. The number of nitro groups is 1. The number of nitro benzene ring substituents is 1. The number of hydrogen-bond donors (Lipinski definition) is 1. The highest BCUT2D eigenvalue weighted by Crippen LogP contribution is 2.25. The lowest BCUT2D eigenvalue weighted by atomic mass is 10.1. The number of carbonyl (C=O) groups excluding carboxylic acids is 2. The van der Waals surface area contributed by atoms with Crippen LogP contribution in [0.25, 0.3) is 0 Å². The summed E-state index contributed by atoms with van der Waals surface area (Å²) in [5, 5.41) is 14.6. The second-order valence-corrected chi connectivity index (χ2v) is 10.6. The third-order valence-corrected chi connectivity index (χ3v) is 6.59. The van der Waals surface area contributed by atoms with Gasteiger partial charge in [-0.15, -0.1) is 11.8 Å². The van der Waals surface area contributed by atoms with E-state index in [4.69, 9.17) is 23.2 Å². The average Bonchev–Trinajstić information content (AvgIpc) is 2.75. The predicted molar refractivity (Wildman–Crippen MR) is 138 cm³/mol. The number of carbonyl (C=O) groups is 2. The van der Waals surface area contributed by atoms with Crippen LogP contribution in [0.2, 0.25) is 10.0 Å². The van der Waals surface area contributed by atoms with E-state index < -0.39 is 16.5 Å². The van der Waals surface area contributed by atoms with Crippen LogP contribution in [0.3, 0.4) is 0 Å². The van der Waals surface area contributed by atoms with Crippen LogP contribution in [-0.4, -0.2) is 39.0 Å². The lowest BCUT2D eigenvalue weighted by molar-refractivity contribution is -0.384. The van der Waals surface area contributed by atoms with Crippen molar-refractivity contribution in [3.63, 3.8) is 0 Å². The number of thioether (sulfide) groups is 1. The van der Waals surface area contributed by atoms with E-state index in [2.05, 4.69) is 5.32 Å². The summed E-state index contributed by atoms with van der Waals surface area (Å²) in [6.07, 6.45) is 0.446. The van der Waals surface area contributed by atoms with E-state index in [9.17, 15) is 19.7 Å². The van der Waals surface area contributed by atoms with Crippen LogP contribution in [0.15, 0.2) is 42.5 Å². The number of hydrogen-bond acceptors (Lipinski definition) is 5. The number of non-ortho nitro benzene ring substituents is 1. The molecule has 2 aromatic carbocycles. The minimum Gasteiger partial charge on any atom is -0.350 e. The molecule has 0 bridgehead atoms. The average molecular weight is 526 g/mol. The molecule has 0 fully saturated rings. The van der Waals surface area contributed by atoms with Gasteiger partial charge >= 0.3 is 0 Å². The van der Waals surface area contributed by atoms with E-state index >= 15 is 0 Å². The Morgan fingerprint density at radius 1 is 1.09 bits per heavy atom. The zero-order valence-corrected chi connectivity index (χ0v) is 22.0. The first-order valence-corrected chi connectivity index (χ1v) is 12.7. The van der Waals surface area contributed by atoms with Crippen molar-refractivity contribution in [2.75, 3.05) is 5.75 Å². The summed E-state index contributed by atoms with van der Waals surface area (Å²) < 4.78 is 0. The molecule has 0 aliphatic heterocycles. The molecule has 0 heterocycles. The Hall–Kier alpha value is -2.29. The van der Waals surface area contributed by atoms with Crippen molar-refractivity contribution < 1.29 is 14.5 Å². The summed E-state index contributed by atoms with van der Waals surface area (Å²) in [5.74, 6) is 0.255. The Morgan fingerprint density at radius 3 is 2.24 bits per heavy atom. The highest BCUT2D eigenvalue weighted by atomic mass is 35.5. The van der Waals surface area contributed by atoms with Gasteiger partial charge in [0.15, 0.2) is 0 Å². The minimum absolute atomic E-state index is 0.0216. The van der Waals surface area contributed by atoms with Crippen molar-refractivity contribution in [1.82, 2.24) is 10.2 Å². The Kier molecular flexibility index (Phi) is 10.2. The van der Waals surface area contributed by atoms with Crippen LogP contribution in [0, 0.1) is 10.1 Å². The SMILES string of the molecule is CCC(C(=O)NC(C)(C)C)N(Cc1ccc(Cl)c(Cl)c1)C(=O)CSCc1ccc([N+](=O)[O-])cc1. The maximum atomic E-state index is 13.3. The van der Waals surface area contributed by atoms with Gasteiger partial charge in [0.2, 0.25) is 11.8 Å². The van der Waals surface area contributed by atoms with Gasteiger partial charge in [-0.2, -0.15) is 0 Å². The summed E-state index contributed by atoms with van der Waals surface area (Å²) in [7, 11) is 0. The van der Waals surface area contributed by atoms with Crippen LogP contribution < -0.4 is 5.32 Å². The first kappa shape index (κ1) is 28.0. The first-order valence-electron chi connectivity index (χ1n) is 10.8. The van der Waals surface area contributed by atoms with Gasteiger partial charge in [-0.1, -0.05) is 48.3 Å². The van der Waals surface area contributed by atoms with E-state index in [1.54, 1.807) is 35.2 Å². The lowest BCUT2D eigenvalue weighted by Crippen LogP contribution is -2.53. The smallest absolute Gasteiger partial charge is 0.269 e. The molecule has 0 aromatic heterocycles. The number of nitrogens with one attached hydrogen (secondary N) is 1. The molecular weight excluding hydrogens is 497 g/mol. The topological polar surface area (TPSA) is 92.6 Å². The molecule has 2 rings (SSSR count). The van der Waals surface area contributed by atoms with Gasteiger partial charge in [0, 0.05) is 30.0 Å². The Balaban J connectivity index is 2.17. The van der Waals surface area contributed by atoms with Crippen molar-refractivity contribution in [3.05, 3.63) is 73.8 Å².